The molecule has 0 bridgehead atoms. The molecule has 1 rings (SSSR count). The van der Waals surface area contributed by atoms with Gasteiger partial charge in [-0.1, -0.05) is 19.9 Å². The van der Waals surface area contributed by atoms with E-state index in [9.17, 15) is 4.79 Å². The highest BCUT2D eigenvalue weighted by Gasteiger charge is 2.41. The topological polar surface area (TPSA) is 17.1 Å². The Morgan fingerprint density at radius 3 is 2.50 bits per heavy atom. The van der Waals surface area contributed by atoms with Gasteiger partial charge in [-0.05, 0) is 25.7 Å². The Kier molecular flexibility index (Phi) is 2.41. The SMILES string of the molecule is C=C[C@@]1(C)C(=O)[C@@H](C)CC[C@@H]1C. The average Bonchev–Trinajstić information content (AvgIpc) is 2.08. The van der Waals surface area contributed by atoms with Crippen LogP contribution < -0.4 is 0 Å². The number of carbonyl (C=O) groups is 1. The Bertz CT molecular complexity index is 207. The maximum Gasteiger partial charge on any atom is 0.145 e. The van der Waals surface area contributed by atoms with Crippen LogP contribution in [0, 0.1) is 17.3 Å². The van der Waals surface area contributed by atoms with Crippen molar-refractivity contribution in [1.29, 1.82) is 0 Å². The molecule has 0 aromatic carbocycles. The quantitative estimate of drug-likeness (QED) is 0.547. The summed E-state index contributed by atoms with van der Waals surface area (Å²) in [6.45, 7) is 9.96. The molecule has 1 aliphatic carbocycles. The Hall–Kier alpha value is -0.590. The lowest BCUT2D eigenvalue weighted by Gasteiger charge is -2.38. The fourth-order valence-electron chi connectivity index (χ4n) is 2.01. The molecule has 0 aromatic heterocycles. The minimum atomic E-state index is -0.266. The van der Waals surface area contributed by atoms with Crippen LogP contribution in [0.5, 0.6) is 0 Å². The number of rotatable bonds is 1. The number of Topliss-reactive ketones (excluding diaryl/α,β-unsaturated/α-hetero) is 1. The zero-order chi connectivity index (χ0) is 9.35. The maximum absolute atomic E-state index is 11.8. The summed E-state index contributed by atoms with van der Waals surface area (Å²) < 4.78 is 0. The van der Waals surface area contributed by atoms with Crippen molar-refractivity contribution >= 4 is 5.78 Å². The molecule has 0 saturated heterocycles. The molecule has 1 saturated carbocycles. The van der Waals surface area contributed by atoms with E-state index in [2.05, 4.69) is 13.5 Å². The second-order valence-electron chi connectivity index (χ2n) is 4.23. The molecule has 1 heteroatoms. The van der Waals surface area contributed by atoms with Gasteiger partial charge in [0.1, 0.15) is 5.78 Å². The van der Waals surface area contributed by atoms with E-state index in [0.717, 1.165) is 12.8 Å². The molecule has 0 unspecified atom stereocenters. The Labute approximate surface area is 74.9 Å². The largest absolute Gasteiger partial charge is 0.298 e. The number of carbonyl (C=O) groups excluding carboxylic acids is 1. The van der Waals surface area contributed by atoms with Crippen molar-refractivity contribution in [2.45, 2.75) is 33.6 Å². The second-order valence-corrected chi connectivity index (χ2v) is 4.23. The Morgan fingerprint density at radius 1 is 1.50 bits per heavy atom. The lowest BCUT2D eigenvalue weighted by atomic mass is 9.64. The van der Waals surface area contributed by atoms with Crippen LogP contribution >= 0.6 is 0 Å². The molecule has 68 valence electrons. The lowest BCUT2D eigenvalue weighted by molar-refractivity contribution is -0.134. The van der Waals surface area contributed by atoms with Gasteiger partial charge in [-0.15, -0.1) is 6.58 Å². The van der Waals surface area contributed by atoms with Crippen molar-refractivity contribution < 1.29 is 4.79 Å². The molecule has 12 heavy (non-hydrogen) atoms. The molecule has 0 amide bonds. The van der Waals surface area contributed by atoms with Gasteiger partial charge in [-0.3, -0.25) is 4.79 Å². The first-order valence-electron chi connectivity index (χ1n) is 4.70. The summed E-state index contributed by atoms with van der Waals surface area (Å²) in [6, 6.07) is 0. The summed E-state index contributed by atoms with van der Waals surface area (Å²) in [5.74, 6) is 1.05. The third kappa shape index (κ3) is 1.21. The molecule has 0 heterocycles. The van der Waals surface area contributed by atoms with Crippen molar-refractivity contribution in [3.05, 3.63) is 12.7 Å². The van der Waals surface area contributed by atoms with Gasteiger partial charge < -0.3 is 0 Å². The monoisotopic (exact) mass is 166 g/mol. The van der Waals surface area contributed by atoms with Crippen molar-refractivity contribution in [3.8, 4) is 0 Å². The minimum Gasteiger partial charge on any atom is -0.298 e. The standard InChI is InChI=1S/C11H18O/c1-5-11(4)9(3)7-6-8(2)10(11)12/h5,8-9H,1,6-7H2,2-4H3/t8-,9-,11+/m0/s1. The van der Waals surface area contributed by atoms with Crippen LogP contribution in [0.25, 0.3) is 0 Å². The number of hydrogen-bond donors (Lipinski definition) is 0. The fourth-order valence-corrected chi connectivity index (χ4v) is 2.01. The molecule has 0 aromatic rings. The third-order valence-electron chi connectivity index (χ3n) is 3.46. The van der Waals surface area contributed by atoms with E-state index in [4.69, 9.17) is 0 Å². The van der Waals surface area contributed by atoms with Gasteiger partial charge in [0.25, 0.3) is 0 Å². The lowest BCUT2D eigenvalue weighted by Crippen LogP contribution is -2.40. The van der Waals surface area contributed by atoms with Crippen LogP contribution in [0.1, 0.15) is 33.6 Å². The summed E-state index contributed by atoms with van der Waals surface area (Å²) >= 11 is 0. The first-order chi connectivity index (χ1) is 5.52. The molecular formula is C11H18O. The second kappa shape index (κ2) is 3.04. The summed E-state index contributed by atoms with van der Waals surface area (Å²) in [4.78, 5) is 11.8. The maximum atomic E-state index is 11.8. The van der Waals surface area contributed by atoms with E-state index in [1.165, 1.54) is 0 Å². The molecule has 0 spiro atoms. The van der Waals surface area contributed by atoms with Gasteiger partial charge in [0.05, 0.1) is 0 Å². The molecule has 0 aliphatic heterocycles. The van der Waals surface area contributed by atoms with Gasteiger partial charge in [0, 0.05) is 11.3 Å². The van der Waals surface area contributed by atoms with Crippen molar-refractivity contribution in [3.63, 3.8) is 0 Å². The summed E-state index contributed by atoms with van der Waals surface area (Å²) in [5.41, 5.74) is -0.266. The first-order valence-corrected chi connectivity index (χ1v) is 4.70. The number of hydrogen-bond acceptors (Lipinski definition) is 1. The predicted molar refractivity (Wildman–Crippen MR) is 50.9 cm³/mol. The van der Waals surface area contributed by atoms with Crippen LogP contribution in [0.15, 0.2) is 12.7 Å². The molecule has 3 atom stereocenters. The molecule has 1 nitrogen and oxygen atoms in total. The smallest absolute Gasteiger partial charge is 0.145 e. The van der Waals surface area contributed by atoms with E-state index in [1.807, 2.05) is 19.9 Å². The van der Waals surface area contributed by atoms with Gasteiger partial charge in [0.15, 0.2) is 0 Å². The number of ketones is 1. The van der Waals surface area contributed by atoms with Crippen LogP contribution in [0.4, 0.5) is 0 Å². The van der Waals surface area contributed by atoms with Crippen molar-refractivity contribution in [2.24, 2.45) is 17.3 Å². The van der Waals surface area contributed by atoms with E-state index < -0.39 is 0 Å². The van der Waals surface area contributed by atoms with E-state index in [0.29, 0.717) is 11.7 Å². The molecule has 1 aliphatic rings. The van der Waals surface area contributed by atoms with E-state index in [1.54, 1.807) is 0 Å². The Balaban J connectivity index is 2.93. The molecular weight excluding hydrogens is 148 g/mol. The van der Waals surface area contributed by atoms with Crippen molar-refractivity contribution in [2.75, 3.05) is 0 Å². The van der Waals surface area contributed by atoms with Crippen molar-refractivity contribution in [1.82, 2.24) is 0 Å². The van der Waals surface area contributed by atoms with E-state index >= 15 is 0 Å². The van der Waals surface area contributed by atoms with Gasteiger partial charge in [-0.25, -0.2) is 0 Å². The van der Waals surface area contributed by atoms with Crippen LogP contribution in [-0.2, 0) is 4.79 Å². The van der Waals surface area contributed by atoms with Crippen LogP contribution in [0.3, 0.4) is 0 Å². The summed E-state index contributed by atoms with van der Waals surface area (Å²) in [5, 5.41) is 0. The first kappa shape index (κ1) is 9.50. The van der Waals surface area contributed by atoms with Gasteiger partial charge in [-0.2, -0.15) is 0 Å². The average molecular weight is 166 g/mol. The van der Waals surface area contributed by atoms with Gasteiger partial charge >= 0.3 is 0 Å². The summed E-state index contributed by atoms with van der Waals surface area (Å²) in [7, 11) is 0. The Morgan fingerprint density at radius 2 is 2.08 bits per heavy atom. The van der Waals surface area contributed by atoms with E-state index in [-0.39, 0.29) is 11.3 Å². The fraction of sp³-hybridized carbons (Fsp3) is 0.727. The highest BCUT2D eigenvalue weighted by Crippen LogP contribution is 2.41. The molecule has 1 fully saturated rings. The number of allylic oxidation sites excluding steroid dienone is 1. The normalized spacial score (nSPS) is 42.8. The highest BCUT2D eigenvalue weighted by atomic mass is 16.1. The zero-order valence-electron chi connectivity index (χ0n) is 8.26. The summed E-state index contributed by atoms with van der Waals surface area (Å²) in [6.07, 6.45) is 4.02. The highest BCUT2D eigenvalue weighted by molar-refractivity contribution is 5.89. The van der Waals surface area contributed by atoms with Crippen LogP contribution in [0.2, 0.25) is 0 Å². The minimum absolute atomic E-state index is 0.226. The predicted octanol–water partition coefficient (Wildman–Crippen LogP) is 2.81. The third-order valence-corrected chi connectivity index (χ3v) is 3.46. The molecule has 0 N–H and O–H groups in total. The zero-order valence-corrected chi connectivity index (χ0v) is 8.26. The van der Waals surface area contributed by atoms with Gasteiger partial charge in [0.2, 0.25) is 0 Å². The van der Waals surface area contributed by atoms with Crippen LogP contribution in [-0.4, -0.2) is 5.78 Å². The molecule has 0 radical (unpaired) electrons.